The first-order chi connectivity index (χ1) is 13.0. The first kappa shape index (κ1) is 16.7. The predicted octanol–water partition coefficient (Wildman–Crippen LogP) is 3.22. The molecule has 142 valence electrons. The molecular formula is C20H24N4O3. The van der Waals surface area contributed by atoms with E-state index in [0.29, 0.717) is 53.5 Å². The fourth-order valence-corrected chi connectivity index (χ4v) is 5.27. The van der Waals surface area contributed by atoms with Crippen LogP contribution in [0.15, 0.2) is 26.7 Å². The molecule has 2 saturated carbocycles. The van der Waals surface area contributed by atoms with E-state index in [0.717, 1.165) is 5.92 Å². The quantitative estimate of drug-likeness (QED) is 0.787. The van der Waals surface area contributed by atoms with Gasteiger partial charge >= 0.3 is 0 Å². The summed E-state index contributed by atoms with van der Waals surface area (Å²) in [5.41, 5.74) is 2.79. The van der Waals surface area contributed by atoms with Crippen LogP contribution in [0.3, 0.4) is 0 Å². The third kappa shape index (κ3) is 2.55. The van der Waals surface area contributed by atoms with E-state index in [4.69, 9.17) is 8.94 Å². The van der Waals surface area contributed by atoms with Crippen molar-refractivity contribution in [3.8, 4) is 11.6 Å². The third-order valence-electron chi connectivity index (χ3n) is 7.02. The molecule has 1 amide bonds. The molecule has 3 aliphatic rings. The summed E-state index contributed by atoms with van der Waals surface area (Å²) in [6, 6.07) is 1.74. The largest absolute Gasteiger partial charge is 0.419 e. The van der Waals surface area contributed by atoms with Crippen LogP contribution in [0, 0.1) is 23.7 Å². The number of hydrogen-bond donors (Lipinski definition) is 1. The number of rotatable bonds is 6. The summed E-state index contributed by atoms with van der Waals surface area (Å²) < 4.78 is 10.6. The lowest BCUT2D eigenvalue weighted by molar-refractivity contribution is -0.121. The summed E-state index contributed by atoms with van der Waals surface area (Å²) >= 11 is 0. The molecular weight excluding hydrogens is 344 g/mol. The summed E-state index contributed by atoms with van der Waals surface area (Å²) in [5.74, 6) is 2.19. The second kappa shape index (κ2) is 5.78. The Morgan fingerprint density at radius 2 is 2.19 bits per heavy atom. The summed E-state index contributed by atoms with van der Waals surface area (Å²) in [6.45, 7) is 4.87. The van der Waals surface area contributed by atoms with Crippen molar-refractivity contribution in [1.29, 1.82) is 0 Å². The molecule has 2 aromatic heterocycles. The van der Waals surface area contributed by atoms with E-state index in [9.17, 15) is 4.79 Å². The van der Waals surface area contributed by atoms with Gasteiger partial charge in [-0.25, -0.2) is 0 Å². The van der Waals surface area contributed by atoms with Gasteiger partial charge in [-0.2, -0.15) is 0 Å². The minimum absolute atomic E-state index is 0.0177. The molecule has 2 atom stereocenters. The summed E-state index contributed by atoms with van der Waals surface area (Å²) in [6.07, 6.45) is 8.49. The molecule has 2 fully saturated rings. The Labute approximate surface area is 157 Å². The number of carbonyl (C=O) groups is 1. The van der Waals surface area contributed by atoms with Crippen LogP contribution < -0.4 is 5.32 Å². The molecule has 1 N–H and O–H groups in total. The predicted molar refractivity (Wildman–Crippen MR) is 96.4 cm³/mol. The van der Waals surface area contributed by atoms with Gasteiger partial charge in [-0.05, 0) is 54.9 Å². The number of nitrogens with one attached hydrogen (secondary N) is 1. The Kier molecular flexibility index (Phi) is 3.58. The van der Waals surface area contributed by atoms with Gasteiger partial charge in [-0.1, -0.05) is 18.2 Å². The third-order valence-corrected chi connectivity index (χ3v) is 7.02. The van der Waals surface area contributed by atoms with E-state index in [1.54, 1.807) is 13.0 Å². The van der Waals surface area contributed by atoms with Gasteiger partial charge < -0.3 is 14.3 Å². The number of aromatic nitrogens is 3. The molecule has 1 spiro atoms. The minimum atomic E-state index is 0.0177. The van der Waals surface area contributed by atoms with Crippen molar-refractivity contribution in [2.45, 2.75) is 52.4 Å². The van der Waals surface area contributed by atoms with E-state index in [1.807, 2.05) is 0 Å². The highest BCUT2D eigenvalue weighted by Crippen LogP contribution is 2.76. The number of carbonyl (C=O) groups excluding carboxylic acids is 1. The maximum atomic E-state index is 12.3. The van der Waals surface area contributed by atoms with Crippen LogP contribution in [0.4, 0.5) is 0 Å². The van der Waals surface area contributed by atoms with Crippen molar-refractivity contribution in [2.75, 3.05) is 6.54 Å². The molecule has 1 unspecified atom stereocenters. The van der Waals surface area contributed by atoms with E-state index in [-0.39, 0.29) is 5.91 Å². The number of amides is 1. The normalized spacial score (nSPS) is 27.2. The molecule has 7 heteroatoms. The smallest absolute Gasteiger partial charge is 0.269 e. The van der Waals surface area contributed by atoms with Crippen LogP contribution in [-0.4, -0.2) is 27.8 Å². The second-order valence-corrected chi connectivity index (χ2v) is 8.43. The van der Waals surface area contributed by atoms with Gasteiger partial charge in [0.15, 0.2) is 5.69 Å². The topological polar surface area (TPSA) is 94.1 Å². The lowest BCUT2D eigenvalue weighted by atomic mass is 9.74. The van der Waals surface area contributed by atoms with Crippen molar-refractivity contribution in [3.05, 3.63) is 29.4 Å². The molecule has 5 rings (SSSR count). The zero-order valence-corrected chi connectivity index (χ0v) is 15.7. The fraction of sp³-hybridized carbons (Fsp3) is 0.600. The van der Waals surface area contributed by atoms with Crippen molar-refractivity contribution in [1.82, 2.24) is 20.7 Å². The van der Waals surface area contributed by atoms with Crippen molar-refractivity contribution in [3.63, 3.8) is 0 Å². The summed E-state index contributed by atoms with van der Waals surface area (Å²) in [4.78, 5) is 12.3. The van der Waals surface area contributed by atoms with Crippen molar-refractivity contribution in [2.24, 2.45) is 16.7 Å². The number of nitrogens with zero attached hydrogens (tertiary/aromatic N) is 3. The Hall–Kier alpha value is -2.44. The maximum absolute atomic E-state index is 12.3. The molecule has 0 aromatic carbocycles. The highest BCUT2D eigenvalue weighted by atomic mass is 16.5. The van der Waals surface area contributed by atoms with Crippen molar-refractivity contribution >= 4 is 5.91 Å². The molecule has 0 aliphatic heterocycles. The van der Waals surface area contributed by atoms with Gasteiger partial charge in [-0.3, -0.25) is 4.79 Å². The zero-order valence-electron chi connectivity index (χ0n) is 15.7. The first-order valence-corrected chi connectivity index (χ1v) is 9.74. The van der Waals surface area contributed by atoms with Gasteiger partial charge in [0, 0.05) is 25.5 Å². The highest BCUT2D eigenvalue weighted by Gasteiger charge is 2.67. The van der Waals surface area contributed by atoms with Gasteiger partial charge in [0.2, 0.25) is 11.8 Å². The van der Waals surface area contributed by atoms with E-state index in [1.165, 1.54) is 31.3 Å². The Morgan fingerprint density at radius 3 is 2.89 bits per heavy atom. The first-order valence-electron chi connectivity index (χ1n) is 9.74. The van der Waals surface area contributed by atoms with E-state index in [2.05, 4.69) is 33.7 Å². The van der Waals surface area contributed by atoms with Gasteiger partial charge in [0.05, 0.1) is 0 Å². The highest BCUT2D eigenvalue weighted by molar-refractivity contribution is 5.76. The molecule has 2 bridgehead atoms. The van der Waals surface area contributed by atoms with Gasteiger partial charge in [-0.15, -0.1) is 10.2 Å². The molecule has 3 aliphatic carbocycles. The van der Waals surface area contributed by atoms with Crippen LogP contribution in [-0.2, 0) is 11.2 Å². The molecule has 27 heavy (non-hydrogen) atoms. The van der Waals surface area contributed by atoms with Crippen molar-refractivity contribution < 1.29 is 13.7 Å². The molecule has 2 heterocycles. The van der Waals surface area contributed by atoms with Crippen LogP contribution in [0.1, 0.15) is 50.7 Å². The number of aryl methyl sites for hydroxylation is 2. The Morgan fingerprint density at radius 1 is 1.33 bits per heavy atom. The lowest BCUT2D eigenvalue weighted by Crippen LogP contribution is -2.32. The minimum Gasteiger partial charge on any atom is -0.419 e. The molecule has 7 nitrogen and oxygen atoms in total. The van der Waals surface area contributed by atoms with Gasteiger partial charge in [0.25, 0.3) is 5.89 Å². The standard InChI is InChI=1S/C20H24N4O3/c1-12-9-15(24-27-12)18-23-22-17(26-18)4-3-16(25)21-11-14-10-13-5-6-19(14,2)20(13)7-8-20/h9-10,13H,3-8,11H2,1-2H3,(H,21,25)/t13?,19-/m0/s1. The summed E-state index contributed by atoms with van der Waals surface area (Å²) in [5, 5.41) is 14.9. The number of allylic oxidation sites excluding steroid dienone is 1. The molecule has 2 aromatic rings. The van der Waals surface area contributed by atoms with Crippen LogP contribution in [0.25, 0.3) is 11.6 Å². The van der Waals surface area contributed by atoms with E-state index < -0.39 is 0 Å². The van der Waals surface area contributed by atoms with Gasteiger partial charge in [0.1, 0.15) is 5.76 Å². The fourth-order valence-electron chi connectivity index (χ4n) is 5.27. The monoisotopic (exact) mass is 368 g/mol. The molecule has 0 saturated heterocycles. The van der Waals surface area contributed by atoms with Crippen LogP contribution >= 0.6 is 0 Å². The molecule has 0 radical (unpaired) electrons. The number of hydrogen-bond acceptors (Lipinski definition) is 6. The van der Waals surface area contributed by atoms with Crippen LogP contribution in [0.5, 0.6) is 0 Å². The summed E-state index contributed by atoms with van der Waals surface area (Å²) in [7, 11) is 0. The Bertz CT molecular complexity index is 923. The van der Waals surface area contributed by atoms with Crippen LogP contribution in [0.2, 0.25) is 0 Å². The average Bonchev–Trinajstić information content (AvgIpc) is 2.93. The maximum Gasteiger partial charge on any atom is 0.269 e. The SMILES string of the molecule is Cc1cc(-c2nnc(CCC(=O)NCC3=CC4CC[C@]3(C)C43CC3)o2)no1. The lowest BCUT2D eigenvalue weighted by Gasteiger charge is -2.31. The zero-order chi connectivity index (χ0) is 18.6. The average molecular weight is 368 g/mol. The Balaban J connectivity index is 1.14. The second-order valence-electron chi connectivity index (χ2n) is 8.43. The van der Waals surface area contributed by atoms with E-state index >= 15 is 0 Å².